The van der Waals surface area contributed by atoms with Crippen LogP contribution < -0.4 is 5.32 Å². The third-order valence-corrected chi connectivity index (χ3v) is 5.44. The van der Waals surface area contributed by atoms with Gasteiger partial charge in [-0.2, -0.15) is 0 Å². The lowest BCUT2D eigenvalue weighted by molar-refractivity contribution is -0.113. The summed E-state index contributed by atoms with van der Waals surface area (Å²) in [5.74, 6) is -3.55. The number of benzene rings is 3. The van der Waals surface area contributed by atoms with Gasteiger partial charge in [0, 0.05) is 10.6 Å². The summed E-state index contributed by atoms with van der Waals surface area (Å²) in [6, 6.07) is 16.3. The van der Waals surface area contributed by atoms with Gasteiger partial charge in [-0.3, -0.25) is 9.59 Å². The standard InChI is InChI=1S/C24H19F2NO4S/c1-15-6-9-17(10-7-15)27-23(29)14-32-22-5-3-2-4-18(22)24(30)31-13-21(28)19-12-16(25)8-11-20(19)26/h2-12H,13-14H2,1H3,(H,27,29). The van der Waals surface area contributed by atoms with Crippen molar-refractivity contribution >= 4 is 35.1 Å². The van der Waals surface area contributed by atoms with Crippen LogP contribution in [0.5, 0.6) is 0 Å². The van der Waals surface area contributed by atoms with Gasteiger partial charge in [-0.05, 0) is 49.4 Å². The molecule has 0 atom stereocenters. The Hall–Kier alpha value is -3.52. The Morgan fingerprint density at radius 2 is 1.66 bits per heavy atom. The molecule has 1 amide bonds. The SMILES string of the molecule is Cc1ccc(NC(=O)CSc2ccccc2C(=O)OCC(=O)c2cc(F)ccc2F)cc1. The average molecular weight is 455 g/mol. The number of carbonyl (C=O) groups excluding carboxylic acids is 3. The number of amides is 1. The molecule has 0 saturated carbocycles. The highest BCUT2D eigenvalue weighted by molar-refractivity contribution is 8.00. The van der Waals surface area contributed by atoms with Crippen molar-refractivity contribution in [3.05, 3.63) is 95.1 Å². The van der Waals surface area contributed by atoms with Gasteiger partial charge in [0.05, 0.1) is 16.9 Å². The first kappa shape index (κ1) is 23.1. The van der Waals surface area contributed by atoms with Crippen molar-refractivity contribution in [2.45, 2.75) is 11.8 Å². The first-order chi connectivity index (χ1) is 15.3. The van der Waals surface area contributed by atoms with Crippen LogP contribution in [0.4, 0.5) is 14.5 Å². The minimum absolute atomic E-state index is 0.0472. The molecule has 3 rings (SSSR count). The number of halogens is 2. The number of aryl methyl sites for hydroxylation is 1. The fraction of sp³-hybridized carbons (Fsp3) is 0.125. The molecule has 0 fully saturated rings. The van der Waals surface area contributed by atoms with E-state index in [0.29, 0.717) is 10.6 Å². The predicted octanol–water partition coefficient (Wildman–Crippen LogP) is 5.04. The van der Waals surface area contributed by atoms with Gasteiger partial charge in [-0.25, -0.2) is 13.6 Å². The van der Waals surface area contributed by atoms with Crippen LogP contribution in [0.3, 0.4) is 0 Å². The number of nitrogens with one attached hydrogen (secondary N) is 1. The monoisotopic (exact) mass is 455 g/mol. The second kappa shape index (κ2) is 10.7. The highest BCUT2D eigenvalue weighted by Gasteiger charge is 2.18. The molecule has 0 radical (unpaired) electrons. The third-order valence-electron chi connectivity index (χ3n) is 4.36. The minimum Gasteiger partial charge on any atom is -0.454 e. The van der Waals surface area contributed by atoms with Gasteiger partial charge in [0.25, 0.3) is 0 Å². The van der Waals surface area contributed by atoms with Crippen molar-refractivity contribution in [3.63, 3.8) is 0 Å². The maximum atomic E-state index is 13.7. The molecule has 0 aromatic heterocycles. The number of carbonyl (C=O) groups is 3. The van der Waals surface area contributed by atoms with E-state index in [1.54, 1.807) is 30.3 Å². The molecule has 0 aliphatic rings. The normalized spacial score (nSPS) is 10.5. The maximum absolute atomic E-state index is 13.7. The topological polar surface area (TPSA) is 72.5 Å². The molecule has 0 heterocycles. The van der Waals surface area contributed by atoms with Crippen molar-refractivity contribution in [2.75, 3.05) is 17.7 Å². The quantitative estimate of drug-likeness (QED) is 0.293. The molecule has 164 valence electrons. The first-order valence-electron chi connectivity index (χ1n) is 9.57. The zero-order valence-corrected chi connectivity index (χ0v) is 17.9. The van der Waals surface area contributed by atoms with E-state index in [9.17, 15) is 23.2 Å². The average Bonchev–Trinajstić information content (AvgIpc) is 2.79. The summed E-state index contributed by atoms with van der Waals surface area (Å²) in [7, 11) is 0. The lowest BCUT2D eigenvalue weighted by atomic mass is 10.1. The van der Waals surface area contributed by atoms with E-state index in [0.717, 1.165) is 35.5 Å². The van der Waals surface area contributed by atoms with Crippen molar-refractivity contribution in [1.82, 2.24) is 0 Å². The number of rotatable bonds is 8. The van der Waals surface area contributed by atoms with Gasteiger partial charge in [-0.15, -0.1) is 11.8 Å². The largest absolute Gasteiger partial charge is 0.454 e. The summed E-state index contributed by atoms with van der Waals surface area (Å²) >= 11 is 1.13. The molecule has 0 aliphatic carbocycles. The van der Waals surface area contributed by atoms with Crippen LogP contribution >= 0.6 is 11.8 Å². The highest BCUT2D eigenvalue weighted by atomic mass is 32.2. The van der Waals surface area contributed by atoms with Gasteiger partial charge in [0.1, 0.15) is 11.6 Å². The Morgan fingerprint density at radius 3 is 2.41 bits per heavy atom. The van der Waals surface area contributed by atoms with Crippen LogP contribution in [-0.2, 0) is 9.53 Å². The second-order valence-corrected chi connectivity index (χ2v) is 7.84. The van der Waals surface area contributed by atoms with Gasteiger partial charge in [0.2, 0.25) is 11.7 Å². The number of anilines is 1. The van der Waals surface area contributed by atoms with E-state index in [4.69, 9.17) is 4.74 Å². The van der Waals surface area contributed by atoms with Gasteiger partial charge >= 0.3 is 5.97 Å². The van der Waals surface area contributed by atoms with Crippen molar-refractivity contribution in [1.29, 1.82) is 0 Å². The van der Waals surface area contributed by atoms with Crippen LogP contribution in [0.25, 0.3) is 0 Å². The van der Waals surface area contributed by atoms with Crippen molar-refractivity contribution in [3.8, 4) is 0 Å². The summed E-state index contributed by atoms with van der Waals surface area (Å²) in [4.78, 5) is 37.3. The number of esters is 1. The Labute approximate surface area is 187 Å². The van der Waals surface area contributed by atoms with Crippen LogP contribution in [0.2, 0.25) is 0 Å². The summed E-state index contributed by atoms with van der Waals surface area (Å²) in [5, 5.41) is 2.77. The Balaban J connectivity index is 1.59. The van der Waals surface area contributed by atoms with E-state index in [-0.39, 0.29) is 17.2 Å². The van der Waals surface area contributed by atoms with Crippen LogP contribution in [0, 0.1) is 18.6 Å². The molecule has 3 aromatic rings. The van der Waals surface area contributed by atoms with Gasteiger partial charge in [0.15, 0.2) is 6.61 Å². The predicted molar refractivity (Wildman–Crippen MR) is 118 cm³/mol. The molecule has 0 unspecified atom stereocenters. The molecule has 1 N–H and O–H groups in total. The zero-order chi connectivity index (χ0) is 23.1. The smallest absolute Gasteiger partial charge is 0.339 e. The van der Waals surface area contributed by atoms with Crippen molar-refractivity contribution < 1.29 is 27.9 Å². The number of hydrogen-bond donors (Lipinski definition) is 1. The molecule has 5 nitrogen and oxygen atoms in total. The molecule has 3 aromatic carbocycles. The summed E-state index contributed by atoms with van der Waals surface area (Å²) in [5.41, 5.74) is 1.40. The van der Waals surface area contributed by atoms with E-state index in [1.165, 1.54) is 6.07 Å². The summed E-state index contributed by atoms with van der Waals surface area (Å²) in [6.07, 6.45) is 0. The lowest BCUT2D eigenvalue weighted by Gasteiger charge is -2.10. The van der Waals surface area contributed by atoms with E-state index < -0.39 is 35.6 Å². The molecular formula is C24H19F2NO4S. The second-order valence-electron chi connectivity index (χ2n) is 6.82. The number of ketones is 1. The molecule has 0 spiro atoms. The fourth-order valence-corrected chi connectivity index (χ4v) is 3.58. The lowest BCUT2D eigenvalue weighted by Crippen LogP contribution is -2.17. The molecular weight excluding hydrogens is 436 g/mol. The highest BCUT2D eigenvalue weighted by Crippen LogP contribution is 2.24. The van der Waals surface area contributed by atoms with Crippen molar-refractivity contribution in [2.24, 2.45) is 0 Å². The molecule has 0 saturated heterocycles. The Kier molecular flexibility index (Phi) is 7.72. The molecule has 32 heavy (non-hydrogen) atoms. The third kappa shape index (κ3) is 6.24. The van der Waals surface area contributed by atoms with E-state index >= 15 is 0 Å². The van der Waals surface area contributed by atoms with Gasteiger partial charge in [-0.1, -0.05) is 29.8 Å². The maximum Gasteiger partial charge on any atom is 0.339 e. The molecule has 8 heteroatoms. The Morgan fingerprint density at radius 1 is 0.938 bits per heavy atom. The minimum atomic E-state index is -0.900. The number of hydrogen-bond acceptors (Lipinski definition) is 5. The molecule has 0 aliphatic heterocycles. The summed E-state index contributed by atoms with van der Waals surface area (Å²) in [6.45, 7) is 1.20. The number of Topliss-reactive ketones (excluding diaryl/α,β-unsaturated/α-hetero) is 1. The first-order valence-corrected chi connectivity index (χ1v) is 10.6. The fourth-order valence-electron chi connectivity index (χ4n) is 2.74. The zero-order valence-electron chi connectivity index (χ0n) is 17.1. The van der Waals surface area contributed by atoms with Crippen LogP contribution in [0.1, 0.15) is 26.3 Å². The molecule has 0 bridgehead atoms. The summed E-state index contributed by atoms with van der Waals surface area (Å²) < 4.78 is 32.0. The van der Waals surface area contributed by atoms with E-state index in [2.05, 4.69) is 5.32 Å². The number of ether oxygens (including phenoxy) is 1. The van der Waals surface area contributed by atoms with E-state index in [1.807, 2.05) is 19.1 Å². The Bertz CT molecular complexity index is 1150. The van der Waals surface area contributed by atoms with Gasteiger partial charge < -0.3 is 10.1 Å². The number of thioether (sulfide) groups is 1. The van der Waals surface area contributed by atoms with Crippen LogP contribution in [-0.4, -0.2) is 30.0 Å². The van der Waals surface area contributed by atoms with Crippen LogP contribution in [0.15, 0.2) is 71.6 Å².